The molecule has 0 amide bonds. The van der Waals surface area contributed by atoms with Gasteiger partial charge in [0.15, 0.2) is 0 Å². The van der Waals surface area contributed by atoms with Crippen LogP contribution < -0.4 is 0 Å². The molecule has 4 aliphatic carbocycles. The highest BCUT2D eigenvalue weighted by atomic mass is 19.2. The Balaban J connectivity index is 1.98. The maximum Gasteiger partial charge on any atom is 0.796 e. The number of carbonyl (C=O) groups excluding carboxylic acids is 1. The molecule has 2 unspecified atom stereocenters. The Morgan fingerprint density at radius 3 is 2.30 bits per heavy atom. The van der Waals surface area contributed by atoms with Gasteiger partial charge in [0.2, 0.25) is 0 Å². The molecular weight excluding hydrogens is 265 g/mol. The molecule has 0 spiro atoms. The summed E-state index contributed by atoms with van der Waals surface area (Å²) in [5, 5.41) is 0. The zero-order chi connectivity index (χ0) is 14.3. The Morgan fingerprint density at radius 2 is 1.75 bits per heavy atom. The normalized spacial score (nSPS) is 35.0. The van der Waals surface area contributed by atoms with Crippen molar-refractivity contribution in [1.82, 2.24) is 0 Å². The van der Waals surface area contributed by atoms with Crippen molar-refractivity contribution in [3.8, 4) is 0 Å². The molecule has 0 aliphatic heterocycles. The van der Waals surface area contributed by atoms with Crippen LogP contribution >= 0.6 is 0 Å². The minimum atomic E-state index is -2.87. The molecular formula is C14H19BF2O3. The molecule has 3 nitrogen and oxygen atoms in total. The summed E-state index contributed by atoms with van der Waals surface area (Å²) in [6.07, 6.45) is 4.75. The highest BCUT2D eigenvalue weighted by molar-refractivity contribution is 6.35. The maximum absolute atomic E-state index is 12.7. The fourth-order valence-corrected chi connectivity index (χ4v) is 4.45. The topological polar surface area (TPSA) is 35.5 Å². The highest BCUT2D eigenvalue weighted by Crippen LogP contribution is 2.53. The first-order valence-electron chi connectivity index (χ1n) is 7.44. The van der Waals surface area contributed by atoms with Crippen molar-refractivity contribution in [2.45, 2.75) is 39.0 Å². The van der Waals surface area contributed by atoms with Crippen LogP contribution in [0.15, 0.2) is 11.3 Å². The van der Waals surface area contributed by atoms with Crippen molar-refractivity contribution in [2.75, 3.05) is 6.61 Å². The van der Waals surface area contributed by atoms with Crippen LogP contribution in [0.4, 0.5) is 8.63 Å². The average Bonchev–Trinajstić information content (AvgIpc) is 2.51. The van der Waals surface area contributed by atoms with Gasteiger partial charge in [0, 0.05) is 5.92 Å². The monoisotopic (exact) mass is 284 g/mol. The second-order valence-electron chi connectivity index (χ2n) is 6.18. The van der Waals surface area contributed by atoms with E-state index in [9.17, 15) is 13.4 Å². The standard InChI is InChI=1S/C14H19BF2O3/c1-2-19-14(18)12-10-4-8-3-9(5-10)7-11(6-8)13(12)20-15(16)17/h8-11H,2-7H2,1H3. The van der Waals surface area contributed by atoms with Gasteiger partial charge >= 0.3 is 13.4 Å². The number of halogens is 2. The molecule has 4 bridgehead atoms. The van der Waals surface area contributed by atoms with E-state index >= 15 is 0 Å². The molecule has 0 aromatic heterocycles. The number of ether oxygens (including phenoxy) is 1. The fourth-order valence-electron chi connectivity index (χ4n) is 4.45. The number of hydrogen-bond acceptors (Lipinski definition) is 3. The van der Waals surface area contributed by atoms with E-state index in [1.165, 1.54) is 6.42 Å². The first-order valence-corrected chi connectivity index (χ1v) is 7.44. The van der Waals surface area contributed by atoms with E-state index in [1.54, 1.807) is 6.92 Å². The minimum absolute atomic E-state index is 0.0281. The third kappa shape index (κ3) is 2.45. The van der Waals surface area contributed by atoms with E-state index in [2.05, 4.69) is 0 Å². The summed E-state index contributed by atoms with van der Waals surface area (Å²) in [6.45, 7) is 1.99. The molecule has 0 N–H and O–H groups in total. The fraction of sp³-hybridized carbons (Fsp3) is 0.786. The van der Waals surface area contributed by atoms with Crippen LogP contribution in [0.1, 0.15) is 39.0 Å². The Bertz CT molecular complexity index is 424. The van der Waals surface area contributed by atoms with Gasteiger partial charge in [-0.2, -0.15) is 0 Å². The molecule has 0 heterocycles. The number of allylic oxidation sites excluding steroid dienone is 1. The second kappa shape index (κ2) is 5.37. The van der Waals surface area contributed by atoms with Gasteiger partial charge < -0.3 is 9.39 Å². The lowest BCUT2D eigenvalue weighted by molar-refractivity contribution is -0.139. The van der Waals surface area contributed by atoms with Crippen LogP contribution in [0.25, 0.3) is 0 Å². The summed E-state index contributed by atoms with van der Waals surface area (Å²) in [4.78, 5) is 12.2. The highest BCUT2D eigenvalue weighted by Gasteiger charge is 2.47. The maximum atomic E-state index is 12.7. The lowest BCUT2D eigenvalue weighted by atomic mass is 9.66. The lowest BCUT2D eigenvalue weighted by Gasteiger charge is -2.38. The third-order valence-corrected chi connectivity index (χ3v) is 4.89. The molecule has 20 heavy (non-hydrogen) atoms. The van der Waals surface area contributed by atoms with Crippen molar-refractivity contribution in [2.24, 2.45) is 23.7 Å². The van der Waals surface area contributed by atoms with E-state index in [0.717, 1.165) is 25.7 Å². The Morgan fingerprint density at radius 1 is 1.15 bits per heavy atom. The summed E-state index contributed by atoms with van der Waals surface area (Å²) in [5.74, 6) is 0.870. The Hall–Kier alpha value is -1.07. The molecule has 2 atom stereocenters. The van der Waals surface area contributed by atoms with Gasteiger partial charge in [0.05, 0.1) is 17.9 Å². The van der Waals surface area contributed by atoms with Crippen molar-refractivity contribution in [3.63, 3.8) is 0 Å². The molecule has 0 aromatic carbocycles. The predicted octanol–water partition coefficient (Wildman–Crippen LogP) is 3.20. The first kappa shape index (κ1) is 13.9. The molecule has 2 saturated carbocycles. The van der Waals surface area contributed by atoms with E-state index in [-0.39, 0.29) is 24.2 Å². The summed E-state index contributed by atoms with van der Waals surface area (Å²) < 4.78 is 35.3. The summed E-state index contributed by atoms with van der Waals surface area (Å²) in [7, 11) is -2.87. The van der Waals surface area contributed by atoms with Gasteiger partial charge in [-0.05, 0) is 56.8 Å². The van der Waals surface area contributed by atoms with Crippen LogP contribution in [0.3, 0.4) is 0 Å². The van der Waals surface area contributed by atoms with Crippen molar-refractivity contribution < 1.29 is 22.8 Å². The molecule has 4 rings (SSSR count). The van der Waals surface area contributed by atoms with Gasteiger partial charge in [0.25, 0.3) is 0 Å². The molecule has 0 aromatic rings. The minimum Gasteiger partial charge on any atom is -0.508 e. The molecule has 4 aliphatic rings. The van der Waals surface area contributed by atoms with Gasteiger partial charge in [-0.1, -0.05) is 0 Å². The van der Waals surface area contributed by atoms with Crippen molar-refractivity contribution in [1.29, 1.82) is 0 Å². The van der Waals surface area contributed by atoms with Crippen LogP contribution in [0.5, 0.6) is 0 Å². The molecule has 0 radical (unpaired) electrons. The smallest absolute Gasteiger partial charge is 0.508 e. The number of rotatable bonds is 4. The predicted molar refractivity (Wildman–Crippen MR) is 69.8 cm³/mol. The zero-order valence-corrected chi connectivity index (χ0v) is 11.6. The van der Waals surface area contributed by atoms with Gasteiger partial charge in [-0.3, -0.25) is 0 Å². The van der Waals surface area contributed by atoms with Crippen LogP contribution in [0.2, 0.25) is 0 Å². The first-order chi connectivity index (χ1) is 9.58. The van der Waals surface area contributed by atoms with Gasteiger partial charge in [-0.15, -0.1) is 0 Å². The van der Waals surface area contributed by atoms with Crippen molar-refractivity contribution in [3.05, 3.63) is 11.3 Å². The number of carbonyl (C=O) groups is 1. The SMILES string of the molecule is CCOC(=O)C1=C(OB(F)F)C2CC3CC(C2)CC1C3. The summed E-state index contributed by atoms with van der Waals surface area (Å²) in [6, 6.07) is 0. The molecule has 2 fully saturated rings. The van der Waals surface area contributed by atoms with E-state index in [4.69, 9.17) is 9.39 Å². The number of esters is 1. The van der Waals surface area contributed by atoms with E-state index in [1.807, 2.05) is 0 Å². The quantitative estimate of drug-likeness (QED) is 0.587. The third-order valence-electron chi connectivity index (χ3n) is 4.89. The van der Waals surface area contributed by atoms with Crippen LogP contribution in [0, 0.1) is 23.7 Å². The van der Waals surface area contributed by atoms with Gasteiger partial charge in [-0.25, -0.2) is 13.4 Å². The Labute approximate surface area is 117 Å². The lowest BCUT2D eigenvalue weighted by Crippen LogP contribution is -2.29. The Kier molecular flexibility index (Phi) is 3.73. The van der Waals surface area contributed by atoms with Crippen LogP contribution in [-0.2, 0) is 14.2 Å². The summed E-state index contributed by atoms with van der Waals surface area (Å²) >= 11 is 0. The summed E-state index contributed by atoms with van der Waals surface area (Å²) in [5.41, 5.74) is 0.404. The van der Waals surface area contributed by atoms with Crippen LogP contribution in [-0.4, -0.2) is 20.0 Å². The molecule has 110 valence electrons. The molecule has 0 saturated heterocycles. The van der Waals surface area contributed by atoms with E-state index < -0.39 is 13.4 Å². The number of hydrogen-bond donors (Lipinski definition) is 0. The second-order valence-corrected chi connectivity index (χ2v) is 6.18. The van der Waals surface area contributed by atoms with E-state index in [0.29, 0.717) is 17.4 Å². The largest absolute Gasteiger partial charge is 0.796 e. The van der Waals surface area contributed by atoms with Crippen molar-refractivity contribution >= 4 is 13.4 Å². The van der Waals surface area contributed by atoms with Gasteiger partial charge in [0.1, 0.15) is 0 Å². The zero-order valence-electron chi connectivity index (χ0n) is 11.6. The average molecular weight is 284 g/mol. The molecule has 6 heteroatoms.